The van der Waals surface area contributed by atoms with Crippen LogP contribution in [-0.2, 0) is 0 Å². The number of nitrogens with two attached hydrogens (primary N) is 1. The van der Waals surface area contributed by atoms with E-state index >= 15 is 0 Å². The van der Waals surface area contributed by atoms with Crippen molar-refractivity contribution >= 4 is 0 Å². The highest BCUT2D eigenvalue weighted by molar-refractivity contribution is 5.21. The molecule has 3 N–H and O–H groups in total. The summed E-state index contributed by atoms with van der Waals surface area (Å²) < 4.78 is 12.9. The number of hydrogen-bond donors (Lipinski definition) is 2. The van der Waals surface area contributed by atoms with Gasteiger partial charge in [0.2, 0.25) is 0 Å². The molecule has 1 aromatic carbocycles. The Kier molecular flexibility index (Phi) is 5.17. The van der Waals surface area contributed by atoms with Gasteiger partial charge in [0.1, 0.15) is 5.82 Å². The van der Waals surface area contributed by atoms with E-state index in [2.05, 4.69) is 5.73 Å². The van der Waals surface area contributed by atoms with Crippen LogP contribution in [0.1, 0.15) is 56.4 Å². The molecule has 0 amide bonds. The Bertz CT molecular complexity index is 414. The van der Waals surface area contributed by atoms with E-state index < -0.39 is 0 Å². The van der Waals surface area contributed by atoms with Crippen molar-refractivity contribution in [1.29, 1.82) is 0 Å². The van der Waals surface area contributed by atoms with Crippen molar-refractivity contribution in [1.82, 2.24) is 0 Å². The summed E-state index contributed by atoms with van der Waals surface area (Å²) in [4.78, 5) is 0. The molecule has 2 saturated carbocycles. The van der Waals surface area contributed by atoms with E-state index in [4.69, 9.17) is 0 Å². The SMILES string of the molecule is CN.OC1(CC2CCCC(c3ccc(F)cc3)C2)CC1. The zero-order valence-electron chi connectivity index (χ0n) is 12.3. The zero-order chi connectivity index (χ0) is 14.6. The molecule has 3 rings (SSSR count). The Labute approximate surface area is 121 Å². The third-order valence-corrected chi connectivity index (χ3v) is 4.62. The number of hydrogen-bond acceptors (Lipinski definition) is 2. The topological polar surface area (TPSA) is 46.2 Å². The van der Waals surface area contributed by atoms with Crippen LogP contribution < -0.4 is 5.73 Å². The number of benzene rings is 1. The van der Waals surface area contributed by atoms with Crippen molar-refractivity contribution in [3.8, 4) is 0 Å². The fourth-order valence-corrected chi connectivity index (χ4v) is 3.40. The first-order valence-electron chi connectivity index (χ1n) is 7.70. The summed E-state index contributed by atoms with van der Waals surface area (Å²) in [7, 11) is 1.50. The lowest BCUT2D eigenvalue weighted by Crippen LogP contribution is -2.20. The molecule has 0 radical (unpaired) electrons. The van der Waals surface area contributed by atoms with Gasteiger partial charge in [-0.25, -0.2) is 4.39 Å². The summed E-state index contributed by atoms with van der Waals surface area (Å²) in [6, 6.07) is 6.98. The minimum atomic E-state index is -0.324. The maximum Gasteiger partial charge on any atom is 0.123 e. The van der Waals surface area contributed by atoms with Crippen molar-refractivity contribution in [3.05, 3.63) is 35.6 Å². The Hall–Kier alpha value is -0.930. The van der Waals surface area contributed by atoms with Gasteiger partial charge in [-0.1, -0.05) is 25.0 Å². The molecule has 2 aliphatic rings. The normalized spacial score (nSPS) is 27.4. The second kappa shape index (κ2) is 6.68. The molecule has 2 atom stereocenters. The van der Waals surface area contributed by atoms with Gasteiger partial charge in [0, 0.05) is 0 Å². The van der Waals surface area contributed by atoms with Gasteiger partial charge in [-0.2, -0.15) is 0 Å². The van der Waals surface area contributed by atoms with Crippen LogP contribution in [0.15, 0.2) is 24.3 Å². The molecule has 0 bridgehead atoms. The van der Waals surface area contributed by atoms with E-state index in [1.54, 1.807) is 12.1 Å². The summed E-state index contributed by atoms with van der Waals surface area (Å²) in [5, 5.41) is 10.0. The lowest BCUT2D eigenvalue weighted by atomic mass is 9.76. The molecule has 0 saturated heterocycles. The highest BCUT2D eigenvalue weighted by Gasteiger charge is 2.42. The van der Waals surface area contributed by atoms with Crippen LogP contribution in [0.2, 0.25) is 0 Å². The zero-order valence-corrected chi connectivity index (χ0v) is 12.3. The average Bonchev–Trinajstić information content (AvgIpc) is 3.19. The number of halogens is 1. The van der Waals surface area contributed by atoms with Gasteiger partial charge >= 0.3 is 0 Å². The highest BCUT2D eigenvalue weighted by atomic mass is 19.1. The summed E-state index contributed by atoms with van der Waals surface area (Å²) in [5.41, 5.74) is 5.44. The Morgan fingerprint density at radius 2 is 1.85 bits per heavy atom. The Balaban J connectivity index is 0.000000704. The van der Waals surface area contributed by atoms with E-state index in [9.17, 15) is 9.50 Å². The molecule has 2 nitrogen and oxygen atoms in total. The van der Waals surface area contributed by atoms with Crippen LogP contribution >= 0.6 is 0 Å². The second-order valence-electron chi connectivity index (χ2n) is 6.21. The first kappa shape index (κ1) is 15.5. The molecule has 2 unspecified atom stereocenters. The fourth-order valence-electron chi connectivity index (χ4n) is 3.40. The predicted molar refractivity (Wildman–Crippen MR) is 80.0 cm³/mol. The quantitative estimate of drug-likeness (QED) is 0.888. The Morgan fingerprint density at radius 1 is 1.20 bits per heavy atom. The van der Waals surface area contributed by atoms with E-state index in [0.717, 1.165) is 25.7 Å². The Morgan fingerprint density at radius 3 is 2.45 bits per heavy atom. The monoisotopic (exact) mass is 279 g/mol. The maximum atomic E-state index is 12.9. The molecule has 2 aliphatic carbocycles. The fraction of sp³-hybridized carbons (Fsp3) is 0.647. The molecule has 0 spiro atoms. The third kappa shape index (κ3) is 4.03. The summed E-state index contributed by atoms with van der Waals surface area (Å²) in [5.74, 6) is 1.06. The van der Waals surface area contributed by atoms with Crippen molar-refractivity contribution < 1.29 is 9.50 Å². The summed E-state index contributed by atoms with van der Waals surface area (Å²) in [6.07, 6.45) is 7.82. The van der Waals surface area contributed by atoms with Gasteiger partial charge in [-0.05, 0) is 68.7 Å². The van der Waals surface area contributed by atoms with Crippen LogP contribution in [-0.4, -0.2) is 17.8 Å². The molecule has 20 heavy (non-hydrogen) atoms. The minimum absolute atomic E-state index is 0.154. The van der Waals surface area contributed by atoms with Crippen molar-refractivity contribution in [2.24, 2.45) is 11.7 Å². The first-order chi connectivity index (χ1) is 9.65. The maximum absolute atomic E-state index is 12.9. The van der Waals surface area contributed by atoms with Crippen LogP contribution in [0, 0.1) is 11.7 Å². The molecular formula is C17H26FNO. The molecular weight excluding hydrogens is 253 g/mol. The van der Waals surface area contributed by atoms with Gasteiger partial charge in [-0.3, -0.25) is 0 Å². The van der Waals surface area contributed by atoms with E-state index in [-0.39, 0.29) is 11.4 Å². The van der Waals surface area contributed by atoms with Crippen LogP contribution in [0.25, 0.3) is 0 Å². The van der Waals surface area contributed by atoms with Crippen molar-refractivity contribution in [3.63, 3.8) is 0 Å². The van der Waals surface area contributed by atoms with E-state index in [0.29, 0.717) is 11.8 Å². The van der Waals surface area contributed by atoms with E-state index in [1.165, 1.54) is 31.9 Å². The summed E-state index contributed by atoms with van der Waals surface area (Å²) in [6.45, 7) is 0. The van der Waals surface area contributed by atoms with Crippen LogP contribution in [0.5, 0.6) is 0 Å². The molecule has 0 aromatic heterocycles. The minimum Gasteiger partial charge on any atom is -0.390 e. The molecule has 2 fully saturated rings. The van der Waals surface area contributed by atoms with Crippen molar-refractivity contribution in [2.75, 3.05) is 7.05 Å². The lowest BCUT2D eigenvalue weighted by molar-refractivity contribution is 0.104. The van der Waals surface area contributed by atoms with Gasteiger partial charge in [0.05, 0.1) is 5.60 Å². The summed E-state index contributed by atoms with van der Waals surface area (Å²) >= 11 is 0. The number of aliphatic hydroxyl groups is 1. The smallest absolute Gasteiger partial charge is 0.123 e. The van der Waals surface area contributed by atoms with Crippen LogP contribution in [0.4, 0.5) is 4.39 Å². The van der Waals surface area contributed by atoms with Crippen molar-refractivity contribution in [2.45, 2.75) is 56.5 Å². The lowest BCUT2D eigenvalue weighted by Gasteiger charge is -2.30. The van der Waals surface area contributed by atoms with Gasteiger partial charge in [-0.15, -0.1) is 0 Å². The molecule has 0 aliphatic heterocycles. The van der Waals surface area contributed by atoms with E-state index in [1.807, 2.05) is 12.1 Å². The molecule has 0 heterocycles. The second-order valence-corrected chi connectivity index (χ2v) is 6.21. The number of rotatable bonds is 3. The van der Waals surface area contributed by atoms with Gasteiger partial charge in [0.25, 0.3) is 0 Å². The largest absolute Gasteiger partial charge is 0.390 e. The average molecular weight is 279 g/mol. The van der Waals surface area contributed by atoms with Crippen LogP contribution in [0.3, 0.4) is 0 Å². The molecule has 1 aromatic rings. The van der Waals surface area contributed by atoms with Gasteiger partial charge in [0.15, 0.2) is 0 Å². The third-order valence-electron chi connectivity index (χ3n) is 4.62. The standard InChI is InChI=1S/C16H21FO.CH5N/c17-15-6-4-13(5-7-15)14-3-1-2-12(10-14)11-16(18)8-9-16;1-2/h4-7,12,14,18H,1-3,8-11H2;2H2,1H3. The highest BCUT2D eigenvalue weighted by Crippen LogP contribution is 2.46. The first-order valence-corrected chi connectivity index (χ1v) is 7.70. The molecule has 112 valence electrons. The predicted octanol–water partition coefficient (Wildman–Crippen LogP) is 3.59. The van der Waals surface area contributed by atoms with Gasteiger partial charge < -0.3 is 10.8 Å². The molecule has 3 heteroatoms.